The van der Waals surface area contributed by atoms with Crippen LogP contribution >= 0.6 is 0 Å². The third-order valence-corrected chi connectivity index (χ3v) is 3.97. The topological polar surface area (TPSA) is 69.6 Å². The van der Waals surface area contributed by atoms with E-state index < -0.39 is 11.8 Å². The molecule has 1 saturated carbocycles. The molecule has 0 spiro atoms. The van der Waals surface area contributed by atoms with Crippen molar-refractivity contribution < 1.29 is 19.4 Å². The number of aromatic hydroxyl groups is 1. The zero-order valence-corrected chi connectivity index (χ0v) is 11.3. The van der Waals surface area contributed by atoms with Gasteiger partial charge >= 0.3 is 5.97 Å². The molecule has 0 heterocycles. The lowest BCUT2D eigenvalue weighted by molar-refractivity contribution is -0.143. The van der Waals surface area contributed by atoms with Crippen LogP contribution in [0.4, 0.5) is 4.39 Å². The van der Waals surface area contributed by atoms with Gasteiger partial charge in [-0.2, -0.15) is 0 Å². The van der Waals surface area contributed by atoms with E-state index in [1.807, 2.05) is 0 Å². The molecule has 2 rings (SSSR count). The summed E-state index contributed by atoms with van der Waals surface area (Å²) in [6.07, 6.45) is 3.34. The highest BCUT2D eigenvalue weighted by Gasteiger charge is 2.25. The van der Waals surface area contributed by atoms with Crippen molar-refractivity contribution in [3.63, 3.8) is 0 Å². The molecule has 0 saturated heterocycles. The lowest BCUT2D eigenvalue weighted by Crippen LogP contribution is -2.28. The summed E-state index contributed by atoms with van der Waals surface area (Å²) < 4.78 is 13.1. The first-order valence-corrected chi connectivity index (χ1v) is 6.97. The van der Waals surface area contributed by atoms with Crippen LogP contribution in [0.2, 0.25) is 0 Å². The van der Waals surface area contributed by atoms with Crippen LogP contribution in [-0.4, -0.2) is 22.7 Å². The second-order valence-corrected chi connectivity index (χ2v) is 5.47. The van der Waals surface area contributed by atoms with Crippen LogP contribution in [0.15, 0.2) is 18.2 Å². The number of phenols is 1. The molecular weight excluding hydrogens is 261 g/mol. The van der Waals surface area contributed by atoms with E-state index in [4.69, 9.17) is 10.2 Å². The Kier molecular flexibility index (Phi) is 4.95. The average molecular weight is 281 g/mol. The highest BCUT2D eigenvalue weighted by molar-refractivity contribution is 5.69. The van der Waals surface area contributed by atoms with Gasteiger partial charge < -0.3 is 15.5 Å². The smallest absolute Gasteiger partial charge is 0.306 e. The minimum absolute atomic E-state index is 0.183. The van der Waals surface area contributed by atoms with E-state index in [2.05, 4.69) is 5.32 Å². The molecule has 0 aliphatic heterocycles. The molecular formula is C15H20FNO3. The van der Waals surface area contributed by atoms with E-state index in [1.165, 1.54) is 12.1 Å². The SMILES string of the molecule is O=C(O)C1CCC(CNCc2ccc(O)c(F)c2)CC1. The molecule has 0 bridgehead atoms. The number of aliphatic carboxylic acids is 1. The van der Waals surface area contributed by atoms with Crippen molar-refractivity contribution in [2.24, 2.45) is 11.8 Å². The third kappa shape index (κ3) is 3.93. The number of carbonyl (C=O) groups is 1. The fourth-order valence-corrected chi connectivity index (χ4v) is 2.69. The Bertz CT molecular complexity index is 470. The first-order chi connectivity index (χ1) is 9.56. The van der Waals surface area contributed by atoms with E-state index >= 15 is 0 Å². The molecule has 0 atom stereocenters. The minimum atomic E-state index is -0.684. The van der Waals surface area contributed by atoms with Crippen molar-refractivity contribution in [1.82, 2.24) is 5.32 Å². The zero-order chi connectivity index (χ0) is 14.5. The standard InChI is InChI=1S/C15H20FNO3/c16-13-7-11(3-6-14(13)18)9-17-8-10-1-4-12(5-2-10)15(19)20/h3,6-7,10,12,17-18H,1-2,4-5,8-9H2,(H,19,20). The van der Waals surface area contributed by atoms with Gasteiger partial charge in [0.1, 0.15) is 0 Å². The van der Waals surface area contributed by atoms with Gasteiger partial charge in [0.15, 0.2) is 11.6 Å². The van der Waals surface area contributed by atoms with Gasteiger partial charge in [0.25, 0.3) is 0 Å². The summed E-state index contributed by atoms with van der Waals surface area (Å²) in [7, 11) is 0. The number of nitrogens with one attached hydrogen (secondary N) is 1. The molecule has 0 aromatic heterocycles. The summed E-state index contributed by atoms with van der Waals surface area (Å²) in [4.78, 5) is 10.8. The molecule has 1 aliphatic carbocycles. The number of carboxylic acids is 1. The molecule has 5 heteroatoms. The summed E-state index contributed by atoms with van der Waals surface area (Å²) >= 11 is 0. The van der Waals surface area contributed by atoms with Gasteiger partial charge in [0.05, 0.1) is 5.92 Å². The molecule has 4 nitrogen and oxygen atoms in total. The summed E-state index contributed by atoms with van der Waals surface area (Å²) in [5, 5.41) is 21.3. The third-order valence-electron chi connectivity index (χ3n) is 3.97. The maximum Gasteiger partial charge on any atom is 0.306 e. The van der Waals surface area contributed by atoms with Gasteiger partial charge in [-0.05, 0) is 55.8 Å². The van der Waals surface area contributed by atoms with Crippen molar-refractivity contribution >= 4 is 5.97 Å². The van der Waals surface area contributed by atoms with Crippen LogP contribution in [0.25, 0.3) is 0 Å². The Morgan fingerprint density at radius 2 is 2.00 bits per heavy atom. The Morgan fingerprint density at radius 1 is 1.30 bits per heavy atom. The van der Waals surface area contributed by atoms with Gasteiger partial charge in [0.2, 0.25) is 0 Å². The number of benzene rings is 1. The monoisotopic (exact) mass is 281 g/mol. The van der Waals surface area contributed by atoms with E-state index in [0.29, 0.717) is 12.5 Å². The number of hydrogen-bond acceptors (Lipinski definition) is 3. The van der Waals surface area contributed by atoms with Crippen LogP contribution in [0.1, 0.15) is 31.2 Å². The van der Waals surface area contributed by atoms with Gasteiger partial charge in [-0.15, -0.1) is 0 Å². The van der Waals surface area contributed by atoms with Gasteiger partial charge in [-0.3, -0.25) is 4.79 Å². The van der Waals surface area contributed by atoms with Gasteiger partial charge in [-0.1, -0.05) is 6.07 Å². The van der Waals surface area contributed by atoms with Crippen LogP contribution < -0.4 is 5.32 Å². The molecule has 20 heavy (non-hydrogen) atoms. The highest BCUT2D eigenvalue weighted by atomic mass is 19.1. The molecule has 1 fully saturated rings. The largest absolute Gasteiger partial charge is 0.505 e. The zero-order valence-electron chi connectivity index (χ0n) is 11.3. The Labute approximate surface area is 117 Å². The van der Waals surface area contributed by atoms with E-state index in [1.54, 1.807) is 6.07 Å². The number of carboxylic acid groups (broad SMARTS) is 1. The molecule has 0 radical (unpaired) electrons. The van der Waals surface area contributed by atoms with E-state index in [9.17, 15) is 9.18 Å². The van der Waals surface area contributed by atoms with Crippen molar-refractivity contribution in [2.75, 3.05) is 6.54 Å². The average Bonchev–Trinajstić information content (AvgIpc) is 2.43. The van der Waals surface area contributed by atoms with Crippen LogP contribution in [0.3, 0.4) is 0 Å². The summed E-state index contributed by atoms with van der Waals surface area (Å²) in [6, 6.07) is 4.36. The highest BCUT2D eigenvalue weighted by Crippen LogP contribution is 2.28. The van der Waals surface area contributed by atoms with Crippen molar-refractivity contribution in [3.05, 3.63) is 29.6 Å². The van der Waals surface area contributed by atoms with Gasteiger partial charge in [0, 0.05) is 6.54 Å². The number of phenolic OH excluding ortho intramolecular Hbond substituents is 1. The Hall–Kier alpha value is -1.62. The van der Waals surface area contributed by atoms with Crippen LogP contribution in [0.5, 0.6) is 5.75 Å². The predicted molar refractivity (Wildman–Crippen MR) is 72.9 cm³/mol. The molecule has 1 aromatic carbocycles. The predicted octanol–water partition coefficient (Wildman–Crippen LogP) is 2.51. The normalized spacial score (nSPS) is 22.6. The summed E-state index contributed by atoms with van der Waals surface area (Å²) in [6.45, 7) is 1.37. The quantitative estimate of drug-likeness (QED) is 0.775. The summed E-state index contributed by atoms with van der Waals surface area (Å²) in [5.74, 6) is -1.31. The van der Waals surface area contributed by atoms with Gasteiger partial charge in [-0.25, -0.2) is 4.39 Å². The second kappa shape index (κ2) is 6.70. The molecule has 1 aliphatic rings. The molecule has 0 unspecified atom stereocenters. The lowest BCUT2D eigenvalue weighted by Gasteiger charge is -2.26. The lowest BCUT2D eigenvalue weighted by atomic mass is 9.82. The number of hydrogen-bond donors (Lipinski definition) is 3. The van der Waals surface area contributed by atoms with Crippen LogP contribution in [-0.2, 0) is 11.3 Å². The maximum absolute atomic E-state index is 13.1. The van der Waals surface area contributed by atoms with E-state index in [0.717, 1.165) is 37.8 Å². The van der Waals surface area contributed by atoms with Crippen molar-refractivity contribution in [2.45, 2.75) is 32.2 Å². The van der Waals surface area contributed by atoms with E-state index in [-0.39, 0.29) is 11.7 Å². The fraction of sp³-hybridized carbons (Fsp3) is 0.533. The molecule has 3 N–H and O–H groups in total. The maximum atomic E-state index is 13.1. The Morgan fingerprint density at radius 3 is 2.60 bits per heavy atom. The van der Waals surface area contributed by atoms with Crippen molar-refractivity contribution in [1.29, 1.82) is 0 Å². The number of rotatable bonds is 5. The first kappa shape index (κ1) is 14.8. The number of halogens is 1. The fourth-order valence-electron chi connectivity index (χ4n) is 2.69. The van der Waals surface area contributed by atoms with Crippen LogP contribution in [0, 0.1) is 17.7 Å². The minimum Gasteiger partial charge on any atom is -0.505 e. The summed E-state index contributed by atoms with van der Waals surface area (Å²) in [5.41, 5.74) is 0.791. The second-order valence-electron chi connectivity index (χ2n) is 5.47. The Balaban J connectivity index is 1.71. The first-order valence-electron chi connectivity index (χ1n) is 6.97. The molecule has 1 aromatic rings. The molecule has 110 valence electrons. The molecule has 0 amide bonds. The van der Waals surface area contributed by atoms with Crippen molar-refractivity contribution in [3.8, 4) is 5.75 Å².